The number of carbonyl (C=O) groups excluding carboxylic acids is 1. The van der Waals surface area contributed by atoms with Crippen molar-refractivity contribution in [3.05, 3.63) is 0 Å². The second-order valence-corrected chi connectivity index (χ2v) is 4.88. The van der Waals surface area contributed by atoms with Crippen molar-refractivity contribution in [3.63, 3.8) is 0 Å². The summed E-state index contributed by atoms with van der Waals surface area (Å²) in [5.41, 5.74) is 5.27. The first kappa shape index (κ1) is 13.3. The van der Waals surface area contributed by atoms with Gasteiger partial charge in [0.05, 0.1) is 5.75 Å². The van der Waals surface area contributed by atoms with E-state index < -0.39 is 10.0 Å². The predicted molar refractivity (Wildman–Crippen MR) is 53.8 cm³/mol. The molecule has 0 aliphatic heterocycles. The monoisotopic (exact) mass is 223 g/mol. The van der Waals surface area contributed by atoms with Gasteiger partial charge in [-0.05, 0) is 6.42 Å². The standard InChI is InChI=1S/C7H17N3O3S/c1-6(5-8)7(11)10-3-2-4-14(9,12)13/h6H,2-5,8H2,1H3,(H,10,11)(H2,9,12,13). The van der Waals surface area contributed by atoms with Gasteiger partial charge in [0.15, 0.2) is 0 Å². The SMILES string of the molecule is CC(CN)C(=O)NCCCS(N)(=O)=O. The number of hydrogen-bond donors (Lipinski definition) is 3. The molecule has 0 aliphatic carbocycles. The van der Waals surface area contributed by atoms with Crippen molar-refractivity contribution in [2.45, 2.75) is 13.3 Å². The minimum atomic E-state index is -3.42. The van der Waals surface area contributed by atoms with E-state index in [-0.39, 0.29) is 24.1 Å². The molecule has 1 atom stereocenters. The minimum absolute atomic E-state index is 0.121. The highest BCUT2D eigenvalue weighted by molar-refractivity contribution is 7.89. The van der Waals surface area contributed by atoms with Gasteiger partial charge in [0.25, 0.3) is 0 Å². The Morgan fingerprint density at radius 1 is 1.50 bits per heavy atom. The van der Waals surface area contributed by atoms with Crippen LogP contribution in [0.25, 0.3) is 0 Å². The van der Waals surface area contributed by atoms with Gasteiger partial charge in [0.2, 0.25) is 15.9 Å². The molecular formula is C7H17N3O3S. The fourth-order valence-electron chi connectivity index (χ4n) is 0.766. The number of amides is 1. The van der Waals surface area contributed by atoms with Crippen LogP contribution in [0.4, 0.5) is 0 Å². The third-order valence-electron chi connectivity index (χ3n) is 1.71. The highest BCUT2D eigenvalue weighted by Gasteiger charge is 2.09. The van der Waals surface area contributed by atoms with E-state index in [1.54, 1.807) is 6.92 Å². The molecule has 6 nitrogen and oxygen atoms in total. The number of sulfonamides is 1. The van der Waals surface area contributed by atoms with Crippen LogP contribution >= 0.6 is 0 Å². The zero-order valence-electron chi connectivity index (χ0n) is 8.19. The smallest absolute Gasteiger partial charge is 0.224 e. The van der Waals surface area contributed by atoms with Crippen molar-refractivity contribution in [2.75, 3.05) is 18.8 Å². The number of carbonyl (C=O) groups is 1. The summed E-state index contributed by atoms with van der Waals surface area (Å²) in [6.07, 6.45) is 0.321. The molecule has 0 heterocycles. The summed E-state index contributed by atoms with van der Waals surface area (Å²) in [5.74, 6) is -0.531. The zero-order chi connectivity index (χ0) is 11.2. The lowest BCUT2D eigenvalue weighted by molar-refractivity contribution is -0.124. The van der Waals surface area contributed by atoms with Gasteiger partial charge in [-0.3, -0.25) is 4.79 Å². The fraction of sp³-hybridized carbons (Fsp3) is 0.857. The molecule has 0 aromatic heterocycles. The molecule has 14 heavy (non-hydrogen) atoms. The van der Waals surface area contributed by atoms with Crippen LogP contribution in [0.5, 0.6) is 0 Å². The van der Waals surface area contributed by atoms with Crippen LogP contribution in [-0.2, 0) is 14.8 Å². The fourth-order valence-corrected chi connectivity index (χ4v) is 1.31. The Hall–Kier alpha value is -0.660. The molecule has 0 saturated carbocycles. The quantitative estimate of drug-likeness (QED) is 0.469. The van der Waals surface area contributed by atoms with Crippen molar-refractivity contribution in [1.82, 2.24) is 5.32 Å². The van der Waals surface area contributed by atoms with Gasteiger partial charge in [0.1, 0.15) is 0 Å². The van der Waals surface area contributed by atoms with Gasteiger partial charge in [-0.2, -0.15) is 0 Å². The van der Waals surface area contributed by atoms with Crippen LogP contribution in [0.15, 0.2) is 0 Å². The van der Waals surface area contributed by atoms with Crippen molar-refractivity contribution in [1.29, 1.82) is 0 Å². The summed E-state index contributed by atoms with van der Waals surface area (Å²) in [5, 5.41) is 7.34. The van der Waals surface area contributed by atoms with Crippen molar-refractivity contribution >= 4 is 15.9 Å². The van der Waals surface area contributed by atoms with Gasteiger partial charge in [-0.1, -0.05) is 6.92 Å². The Labute approximate surface area is 84.1 Å². The molecule has 84 valence electrons. The Kier molecular flexibility index (Phi) is 5.66. The Morgan fingerprint density at radius 2 is 2.07 bits per heavy atom. The number of nitrogens with two attached hydrogens (primary N) is 2. The van der Waals surface area contributed by atoms with E-state index in [2.05, 4.69) is 5.32 Å². The highest BCUT2D eigenvalue weighted by atomic mass is 32.2. The first-order valence-electron chi connectivity index (χ1n) is 4.35. The third-order valence-corrected chi connectivity index (χ3v) is 2.56. The molecule has 0 aliphatic rings. The van der Waals surface area contributed by atoms with Crippen LogP contribution in [0, 0.1) is 5.92 Å². The molecule has 1 unspecified atom stereocenters. The maximum absolute atomic E-state index is 11.1. The van der Waals surface area contributed by atoms with Crippen molar-refractivity contribution in [2.24, 2.45) is 16.8 Å². The summed E-state index contributed by atoms with van der Waals surface area (Å²) in [7, 11) is -3.42. The molecule has 0 bridgehead atoms. The molecule has 0 saturated heterocycles. The van der Waals surface area contributed by atoms with Crippen LogP contribution < -0.4 is 16.2 Å². The summed E-state index contributed by atoms with van der Waals surface area (Å²) >= 11 is 0. The first-order chi connectivity index (χ1) is 6.37. The van der Waals surface area contributed by atoms with E-state index in [0.717, 1.165) is 0 Å². The van der Waals surface area contributed by atoms with E-state index in [1.165, 1.54) is 0 Å². The van der Waals surface area contributed by atoms with E-state index in [4.69, 9.17) is 10.9 Å². The Balaban J connectivity index is 3.61. The Morgan fingerprint density at radius 3 is 2.50 bits per heavy atom. The average molecular weight is 223 g/mol. The second-order valence-electron chi connectivity index (χ2n) is 3.15. The molecule has 0 fully saturated rings. The first-order valence-corrected chi connectivity index (χ1v) is 6.06. The molecule has 1 amide bonds. The van der Waals surface area contributed by atoms with Gasteiger partial charge in [-0.25, -0.2) is 13.6 Å². The summed E-state index contributed by atoms with van der Waals surface area (Å²) in [6.45, 7) is 2.29. The van der Waals surface area contributed by atoms with E-state index >= 15 is 0 Å². The molecule has 0 aromatic carbocycles. The molecule has 0 rings (SSSR count). The van der Waals surface area contributed by atoms with Crippen LogP contribution in [0.1, 0.15) is 13.3 Å². The minimum Gasteiger partial charge on any atom is -0.356 e. The average Bonchev–Trinajstić information content (AvgIpc) is 2.09. The largest absolute Gasteiger partial charge is 0.356 e. The summed E-state index contributed by atoms with van der Waals surface area (Å²) in [6, 6.07) is 0. The van der Waals surface area contributed by atoms with Crippen LogP contribution in [-0.4, -0.2) is 33.2 Å². The molecule has 0 spiro atoms. The maximum atomic E-state index is 11.1. The van der Waals surface area contributed by atoms with Gasteiger partial charge in [-0.15, -0.1) is 0 Å². The highest BCUT2D eigenvalue weighted by Crippen LogP contribution is 1.91. The van der Waals surface area contributed by atoms with E-state index in [0.29, 0.717) is 13.0 Å². The number of primary sulfonamides is 1. The molecule has 0 radical (unpaired) electrons. The third kappa shape index (κ3) is 6.81. The van der Waals surface area contributed by atoms with Crippen molar-refractivity contribution < 1.29 is 13.2 Å². The zero-order valence-corrected chi connectivity index (χ0v) is 9.01. The molecule has 5 N–H and O–H groups in total. The van der Waals surface area contributed by atoms with Gasteiger partial charge in [0, 0.05) is 19.0 Å². The van der Waals surface area contributed by atoms with Gasteiger partial charge < -0.3 is 11.1 Å². The molecule has 0 aromatic rings. The second kappa shape index (κ2) is 5.94. The van der Waals surface area contributed by atoms with Gasteiger partial charge >= 0.3 is 0 Å². The Bertz CT molecular complexity index is 276. The molecular weight excluding hydrogens is 206 g/mol. The molecule has 7 heteroatoms. The lowest BCUT2D eigenvalue weighted by Gasteiger charge is -2.08. The van der Waals surface area contributed by atoms with E-state index in [1.807, 2.05) is 0 Å². The number of nitrogens with one attached hydrogen (secondary N) is 1. The predicted octanol–water partition coefficient (Wildman–Crippen LogP) is -1.62. The normalized spacial score (nSPS) is 13.6. The summed E-state index contributed by atoms with van der Waals surface area (Å²) in [4.78, 5) is 11.1. The summed E-state index contributed by atoms with van der Waals surface area (Å²) < 4.78 is 21.0. The number of hydrogen-bond acceptors (Lipinski definition) is 4. The lowest BCUT2D eigenvalue weighted by atomic mass is 10.2. The maximum Gasteiger partial charge on any atom is 0.224 e. The number of rotatable bonds is 6. The lowest BCUT2D eigenvalue weighted by Crippen LogP contribution is -2.34. The topological polar surface area (TPSA) is 115 Å². The van der Waals surface area contributed by atoms with E-state index in [9.17, 15) is 13.2 Å². The van der Waals surface area contributed by atoms with Crippen LogP contribution in [0.2, 0.25) is 0 Å². The van der Waals surface area contributed by atoms with Crippen LogP contribution in [0.3, 0.4) is 0 Å². The van der Waals surface area contributed by atoms with Crippen molar-refractivity contribution in [3.8, 4) is 0 Å².